The summed E-state index contributed by atoms with van der Waals surface area (Å²) in [5.41, 5.74) is 1.61. The summed E-state index contributed by atoms with van der Waals surface area (Å²) < 4.78 is 6.09. The quantitative estimate of drug-likeness (QED) is 0.753. The number of fused-ring (bicyclic) bond motifs is 2. The smallest absolute Gasteiger partial charge is 0.251 e. The van der Waals surface area contributed by atoms with Crippen LogP contribution in [0.1, 0.15) is 35.4 Å². The molecule has 3 aromatic rings. The van der Waals surface area contributed by atoms with Crippen LogP contribution in [0.5, 0.6) is 0 Å². The number of aryl methyl sites for hydroxylation is 1. The standard InChI is InChI=1S/C19H20N6OS/c1-12-21-19(27-23-12)25-15-7-8-17(25)16(11-15)22-18(26)13-3-5-14(6-4-13)24-10-2-9-20-24/h2-6,9-10,15-17H,7-8,11H2,1H3,(H,22,26)/t15-,16+,17+/m1/s1. The molecule has 8 heteroatoms. The van der Waals surface area contributed by atoms with Gasteiger partial charge in [0.2, 0.25) is 5.13 Å². The number of hydrogen-bond acceptors (Lipinski definition) is 6. The van der Waals surface area contributed by atoms with Crippen molar-refractivity contribution in [1.29, 1.82) is 0 Å². The van der Waals surface area contributed by atoms with Gasteiger partial charge in [-0.25, -0.2) is 9.67 Å². The summed E-state index contributed by atoms with van der Waals surface area (Å²) in [6, 6.07) is 10.3. The number of aromatic nitrogens is 4. The molecule has 27 heavy (non-hydrogen) atoms. The summed E-state index contributed by atoms with van der Waals surface area (Å²) in [5.74, 6) is 0.798. The molecule has 7 nitrogen and oxygen atoms in total. The number of carbonyl (C=O) groups is 1. The van der Waals surface area contributed by atoms with E-state index < -0.39 is 0 Å². The van der Waals surface area contributed by atoms with Crippen LogP contribution in [0.2, 0.25) is 0 Å². The predicted octanol–water partition coefficient (Wildman–Crippen LogP) is 2.57. The number of amides is 1. The zero-order valence-electron chi connectivity index (χ0n) is 14.9. The van der Waals surface area contributed by atoms with Crippen LogP contribution in [0.4, 0.5) is 5.13 Å². The van der Waals surface area contributed by atoms with E-state index in [1.807, 2.05) is 43.5 Å². The monoisotopic (exact) mass is 380 g/mol. The molecule has 2 aliphatic rings. The molecule has 2 bridgehead atoms. The number of nitrogens with one attached hydrogen (secondary N) is 1. The molecule has 2 saturated heterocycles. The average molecular weight is 380 g/mol. The van der Waals surface area contributed by atoms with Gasteiger partial charge >= 0.3 is 0 Å². The van der Waals surface area contributed by atoms with Gasteiger partial charge in [0.1, 0.15) is 5.82 Å². The van der Waals surface area contributed by atoms with Gasteiger partial charge in [-0.15, -0.1) is 0 Å². The molecular weight excluding hydrogens is 360 g/mol. The highest BCUT2D eigenvalue weighted by atomic mass is 32.1. The van der Waals surface area contributed by atoms with Crippen LogP contribution in [0, 0.1) is 6.92 Å². The van der Waals surface area contributed by atoms with Gasteiger partial charge < -0.3 is 10.2 Å². The summed E-state index contributed by atoms with van der Waals surface area (Å²) in [5, 5.41) is 8.44. The fourth-order valence-corrected chi connectivity index (χ4v) is 5.08. The van der Waals surface area contributed by atoms with Crippen LogP contribution < -0.4 is 10.2 Å². The number of rotatable bonds is 4. The Balaban J connectivity index is 1.29. The predicted molar refractivity (Wildman–Crippen MR) is 103 cm³/mol. The molecule has 0 aliphatic carbocycles. The third-order valence-corrected chi connectivity index (χ3v) is 6.31. The van der Waals surface area contributed by atoms with Crippen LogP contribution >= 0.6 is 11.5 Å². The van der Waals surface area contributed by atoms with Crippen LogP contribution in [-0.2, 0) is 0 Å². The first kappa shape index (κ1) is 16.4. The van der Waals surface area contributed by atoms with Crippen LogP contribution in [0.25, 0.3) is 5.69 Å². The fourth-order valence-electron chi connectivity index (χ4n) is 4.27. The van der Waals surface area contributed by atoms with E-state index in [0.29, 0.717) is 17.6 Å². The largest absolute Gasteiger partial charge is 0.347 e. The van der Waals surface area contributed by atoms with Gasteiger partial charge in [0.15, 0.2) is 0 Å². The van der Waals surface area contributed by atoms with Crippen molar-refractivity contribution in [3.05, 3.63) is 54.1 Å². The topological polar surface area (TPSA) is 75.9 Å². The van der Waals surface area contributed by atoms with Gasteiger partial charge in [-0.05, 0) is 56.5 Å². The molecule has 0 radical (unpaired) electrons. The lowest BCUT2D eigenvalue weighted by Gasteiger charge is -2.24. The highest BCUT2D eigenvalue weighted by molar-refractivity contribution is 7.09. The Kier molecular flexibility index (Phi) is 3.93. The van der Waals surface area contributed by atoms with E-state index in [-0.39, 0.29) is 11.9 Å². The number of anilines is 1. The first-order valence-electron chi connectivity index (χ1n) is 9.18. The highest BCUT2D eigenvalue weighted by Gasteiger charge is 2.48. The Morgan fingerprint density at radius 2 is 2.11 bits per heavy atom. The minimum atomic E-state index is -0.0204. The van der Waals surface area contributed by atoms with Gasteiger partial charge in [-0.1, -0.05) is 0 Å². The van der Waals surface area contributed by atoms with Gasteiger partial charge in [0.05, 0.1) is 17.8 Å². The summed E-state index contributed by atoms with van der Waals surface area (Å²) in [7, 11) is 0. The Hall–Kier alpha value is -2.74. The molecule has 138 valence electrons. The van der Waals surface area contributed by atoms with Crippen molar-refractivity contribution in [2.24, 2.45) is 0 Å². The molecule has 1 amide bonds. The van der Waals surface area contributed by atoms with E-state index in [2.05, 4.69) is 24.7 Å². The second-order valence-corrected chi connectivity index (χ2v) is 7.87. The third-order valence-electron chi connectivity index (χ3n) is 5.49. The molecule has 0 unspecified atom stereocenters. The molecular formula is C19H20N6OS. The molecule has 2 fully saturated rings. The molecule has 2 aromatic heterocycles. The summed E-state index contributed by atoms with van der Waals surface area (Å²) in [6.45, 7) is 1.92. The van der Waals surface area contributed by atoms with Crippen molar-refractivity contribution in [2.75, 3.05) is 4.90 Å². The number of benzene rings is 1. The average Bonchev–Trinajstić information content (AvgIpc) is 3.46. The summed E-state index contributed by atoms with van der Waals surface area (Å²) in [6.07, 6.45) is 6.84. The zero-order valence-corrected chi connectivity index (χ0v) is 15.8. The number of carbonyl (C=O) groups excluding carboxylic acids is 1. The van der Waals surface area contributed by atoms with Crippen molar-refractivity contribution in [2.45, 2.75) is 44.3 Å². The zero-order chi connectivity index (χ0) is 18.4. The second-order valence-electron chi connectivity index (χ2n) is 7.14. The van der Waals surface area contributed by atoms with E-state index in [1.165, 1.54) is 11.5 Å². The van der Waals surface area contributed by atoms with Crippen molar-refractivity contribution in [3.63, 3.8) is 0 Å². The third kappa shape index (κ3) is 2.90. The van der Waals surface area contributed by atoms with Crippen LogP contribution in [-0.4, -0.2) is 43.2 Å². The van der Waals surface area contributed by atoms with Gasteiger partial charge in [-0.3, -0.25) is 4.79 Å². The molecule has 0 saturated carbocycles. The van der Waals surface area contributed by atoms with Crippen LogP contribution in [0.15, 0.2) is 42.7 Å². The maximum absolute atomic E-state index is 12.7. The molecule has 5 rings (SSSR count). The second kappa shape index (κ2) is 6.45. The highest BCUT2D eigenvalue weighted by Crippen LogP contribution is 2.41. The molecule has 0 spiro atoms. The lowest BCUT2D eigenvalue weighted by atomic mass is 9.95. The van der Waals surface area contributed by atoms with E-state index in [4.69, 9.17) is 0 Å². The van der Waals surface area contributed by atoms with E-state index in [1.54, 1.807) is 10.9 Å². The van der Waals surface area contributed by atoms with Gasteiger partial charge in [-0.2, -0.15) is 9.47 Å². The van der Waals surface area contributed by atoms with E-state index in [0.717, 1.165) is 35.9 Å². The van der Waals surface area contributed by atoms with Gasteiger partial charge in [0.25, 0.3) is 5.91 Å². The SMILES string of the molecule is Cc1nsc(N2[C@@H]3CC[C@H]2[C@@H](NC(=O)c2ccc(-n4cccn4)cc2)C3)n1. The lowest BCUT2D eigenvalue weighted by molar-refractivity contribution is 0.0931. The van der Waals surface area contributed by atoms with E-state index in [9.17, 15) is 4.79 Å². The normalized spacial score (nSPS) is 23.7. The Morgan fingerprint density at radius 3 is 2.81 bits per heavy atom. The Morgan fingerprint density at radius 1 is 1.26 bits per heavy atom. The molecule has 1 N–H and O–H groups in total. The number of nitrogens with zero attached hydrogens (tertiary/aromatic N) is 5. The molecule has 4 heterocycles. The summed E-state index contributed by atoms with van der Waals surface area (Å²) >= 11 is 1.46. The molecule has 3 atom stereocenters. The van der Waals surface area contributed by atoms with Gasteiger partial charge in [0, 0.05) is 35.5 Å². The van der Waals surface area contributed by atoms with Crippen LogP contribution in [0.3, 0.4) is 0 Å². The van der Waals surface area contributed by atoms with Crippen molar-refractivity contribution >= 4 is 22.6 Å². The number of hydrogen-bond donors (Lipinski definition) is 1. The van der Waals surface area contributed by atoms with Crippen molar-refractivity contribution < 1.29 is 4.79 Å². The molecule has 2 aliphatic heterocycles. The van der Waals surface area contributed by atoms with Crippen molar-refractivity contribution in [3.8, 4) is 5.69 Å². The molecule has 1 aromatic carbocycles. The fraction of sp³-hybridized carbons (Fsp3) is 0.368. The summed E-state index contributed by atoms with van der Waals surface area (Å²) in [4.78, 5) is 19.7. The minimum Gasteiger partial charge on any atom is -0.347 e. The first-order valence-corrected chi connectivity index (χ1v) is 9.96. The van der Waals surface area contributed by atoms with E-state index >= 15 is 0 Å². The minimum absolute atomic E-state index is 0.0204. The first-order chi connectivity index (χ1) is 13.2. The lowest BCUT2D eigenvalue weighted by Crippen LogP contribution is -2.44. The maximum Gasteiger partial charge on any atom is 0.251 e. The van der Waals surface area contributed by atoms with Crippen molar-refractivity contribution in [1.82, 2.24) is 24.5 Å². The Labute approximate surface area is 161 Å². The maximum atomic E-state index is 12.7. The Bertz CT molecular complexity index is 951.